The van der Waals surface area contributed by atoms with Gasteiger partial charge in [0.15, 0.2) is 11.4 Å². The van der Waals surface area contributed by atoms with E-state index >= 15 is 0 Å². The number of benzene rings is 2. The lowest BCUT2D eigenvalue weighted by Crippen LogP contribution is -2.07. The van der Waals surface area contributed by atoms with Crippen LogP contribution in [0, 0.1) is 6.92 Å². The molecule has 5 heteroatoms. The first-order chi connectivity index (χ1) is 12.1. The van der Waals surface area contributed by atoms with Gasteiger partial charge in [0, 0.05) is 19.8 Å². The molecule has 5 nitrogen and oxygen atoms in total. The highest BCUT2D eigenvalue weighted by Gasteiger charge is 2.09. The Hall–Kier alpha value is -3.21. The molecule has 0 unspecified atom stereocenters. The van der Waals surface area contributed by atoms with Crippen LogP contribution in [0.1, 0.15) is 17.0 Å². The summed E-state index contributed by atoms with van der Waals surface area (Å²) < 4.78 is 5.37. The maximum Gasteiger partial charge on any atom is 0.187 e. The minimum absolute atomic E-state index is 0.592. The lowest BCUT2D eigenvalue weighted by molar-refractivity contribution is 0.408. The predicted molar refractivity (Wildman–Crippen MR) is 102 cm³/mol. The minimum Gasteiger partial charge on any atom is -0.378 e. The van der Waals surface area contributed by atoms with E-state index in [-0.39, 0.29) is 0 Å². The Morgan fingerprint density at radius 1 is 0.920 bits per heavy atom. The van der Waals surface area contributed by atoms with Gasteiger partial charge in [0.25, 0.3) is 0 Å². The maximum absolute atomic E-state index is 5.37. The number of azo groups is 1. The van der Waals surface area contributed by atoms with Crippen LogP contribution in [0.25, 0.3) is 12.2 Å². The molecule has 0 amide bonds. The molecule has 0 radical (unpaired) electrons. The molecular weight excluding hydrogens is 312 g/mol. The topological polar surface area (TPSA) is 54.0 Å². The van der Waals surface area contributed by atoms with E-state index in [0.717, 1.165) is 16.9 Å². The van der Waals surface area contributed by atoms with Crippen LogP contribution in [0.15, 0.2) is 69.3 Å². The molecular formula is C20H20N4O. The third-order valence-electron chi connectivity index (χ3n) is 3.72. The molecule has 0 saturated carbocycles. The molecule has 126 valence electrons. The average molecular weight is 332 g/mol. The second-order valence-electron chi connectivity index (χ2n) is 5.84. The standard InChI is InChI=1S/C20H20N4O/c1-15-20(22-21-17-7-5-4-6-8-17)19(25-23-15)14-11-16-9-12-18(13-10-16)24(2)3/h4-14H,1-3H3. The van der Waals surface area contributed by atoms with Crippen molar-refractivity contribution in [3.8, 4) is 0 Å². The van der Waals surface area contributed by atoms with Gasteiger partial charge in [-0.15, -0.1) is 5.11 Å². The van der Waals surface area contributed by atoms with Crippen molar-refractivity contribution < 1.29 is 4.52 Å². The summed E-state index contributed by atoms with van der Waals surface area (Å²) in [5, 5.41) is 12.5. The zero-order valence-corrected chi connectivity index (χ0v) is 14.5. The van der Waals surface area contributed by atoms with Crippen molar-refractivity contribution in [3.63, 3.8) is 0 Å². The van der Waals surface area contributed by atoms with Gasteiger partial charge >= 0.3 is 0 Å². The number of hydrogen-bond acceptors (Lipinski definition) is 5. The van der Waals surface area contributed by atoms with Crippen molar-refractivity contribution in [3.05, 3.63) is 71.6 Å². The molecule has 0 aliphatic carbocycles. The Morgan fingerprint density at radius 3 is 2.32 bits per heavy atom. The Morgan fingerprint density at radius 2 is 1.64 bits per heavy atom. The van der Waals surface area contributed by atoms with E-state index in [1.165, 1.54) is 0 Å². The van der Waals surface area contributed by atoms with E-state index in [1.807, 2.05) is 63.5 Å². The molecule has 1 aromatic heterocycles. The quantitative estimate of drug-likeness (QED) is 0.569. The van der Waals surface area contributed by atoms with Crippen molar-refractivity contribution in [2.24, 2.45) is 10.2 Å². The fraction of sp³-hybridized carbons (Fsp3) is 0.150. The largest absolute Gasteiger partial charge is 0.378 e. The van der Waals surface area contributed by atoms with Crippen molar-refractivity contribution in [2.45, 2.75) is 6.92 Å². The molecule has 0 aliphatic heterocycles. The van der Waals surface area contributed by atoms with Gasteiger partial charge in [-0.3, -0.25) is 0 Å². The molecule has 0 N–H and O–H groups in total. The van der Waals surface area contributed by atoms with Gasteiger partial charge in [0.2, 0.25) is 0 Å². The van der Waals surface area contributed by atoms with Crippen LogP contribution in [-0.2, 0) is 0 Å². The second kappa shape index (κ2) is 7.57. The first-order valence-electron chi connectivity index (χ1n) is 8.02. The van der Waals surface area contributed by atoms with Crippen LogP contribution in [-0.4, -0.2) is 19.3 Å². The Kier molecular flexibility index (Phi) is 5.04. The number of anilines is 1. The first kappa shape index (κ1) is 16.6. The SMILES string of the molecule is Cc1noc(C=Cc2ccc(N(C)C)cc2)c1N=Nc1ccccc1. The van der Waals surface area contributed by atoms with Crippen LogP contribution in [0.4, 0.5) is 17.1 Å². The zero-order chi connectivity index (χ0) is 17.6. The molecule has 0 aliphatic rings. The summed E-state index contributed by atoms with van der Waals surface area (Å²) in [5.74, 6) is 0.592. The number of nitrogens with zero attached hydrogens (tertiary/aromatic N) is 4. The maximum atomic E-state index is 5.37. The summed E-state index contributed by atoms with van der Waals surface area (Å²) in [6.45, 7) is 1.85. The van der Waals surface area contributed by atoms with Gasteiger partial charge < -0.3 is 9.42 Å². The Bertz CT molecular complexity index is 878. The Balaban J connectivity index is 1.80. The highest BCUT2D eigenvalue weighted by atomic mass is 16.5. The van der Waals surface area contributed by atoms with E-state index in [0.29, 0.717) is 17.1 Å². The second-order valence-corrected chi connectivity index (χ2v) is 5.84. The van der Waals surface area contributed by atoms with Crippen LogP contribution in [0.2, 0.25) is 0 Å². The third kappa shape index (κ3) is 4.20. The fourth-order valence-electron chi connectivity index (χ4n) is 2.27. The smallest absolute Gasteiger partial charge is 0.187 e. The van der Waals surface area contributed by atoms with Gasteiger partial charge in [0.1, 0.15) is 5.69 Å². The normalized spacial score (nSPS) is 11.5. The van der Waals surface area contributed by atoms with Crippen molar-refractivity contribution in [1.29, 1.82) is 0 Å². The van der Waals surface area contributed by atoms with Crippen LogP contribution in [0.5, 0.6) is 0 Å². The predicted octanol–water partition coefficient (Wildman–Crippen LogP) is 5.63. The van der Waals surface area contributed by atoms with Crippen molar-refractivity contribution >= 4 is 29.2 Å². The molecule has 0 spiro atoms. The molecule has 2 aromatic carbocycles. The number of aromatic nitrogens is 1. The van der Waals surface area contributed by atoms with Crippen molar-refractivity contribution in [1.82, 2.24) is 5.16 Å². The van der Waals surface area contributed by atoms with E-state index < -0.39 is 0 Å². The van der Waals surface area contributed by atoms with Crippen LogP contribution < -0.4 is 4.90 Å². The summed E-state index contributed by atoms with van der Waals surface area (Å²) in [4.78, 5) is 2.06. The summed E-state index contributed by atoms with van der Waals surface area (Å²) >= 11 is 0. The van der Waals surface area contributed by atoms with E-state index in [2.05, 4.69) is 44.6 Å². The van der Waals surface area contributed by atoms with Crippen LogP contribution in [0.3, 0.4) is 0 Å². The molecule has 0 fully saturated rings. The van der Waals surface area contributed by atoms with Gasteiger partial charge in [-0.05, 0) is 42.8 Å². The summed E-state index contributed by atoms with van der Waals surface area (Å²) in [5.41, 5.74) is 4.38. The lowest BCUT2D eigenvalue weighted by Gasteiger charge is -2.11. The summed E-state index contributed by atoms with van der Waals surface area (Å²) in [6.07, 6.45) is 3.84. The number of hydrogen-bond donors (Lipinski definition) is 0. The first-order valence-corrected chi connectivity index (χ1v) is 8.02. The average Bonchev–Trinajstić information content (AvgIpc) is 2.99. The monoisotopic (exact) mass is 332 g/mol. The summed E-state index contributed by atoms with van der Waals surface area (Å²) in [6, 6.07) is 17.8. The summed E-state index contributed by atoms with van der Waals surface area (Å²) in [7, 11) is 4.04. The highest BCUT2D eigenvalue weighted by Crippen LogP contribution is 2.28. The molecule has 3 rings (SSSR count). The van der Waals surface area contributed by atoms with Gasteiger partial charge in [0.05, 0.1) is 5.69 Å². The van der Waals surface area contributed by atoms with Gasteiger partial charge in [-0.2, -0.15) is 5.11 Å². The van der Waals surface area contributed by atoms with E-state index in [9.17, 15) is 0 Å². The lowest BCUT2D eigenvalue weighted by atomic mass is 10.1. The number of aryl methyl sites for hydroxylation is 1. The molecule has 3 aromatic rings. The van der Waals surface area contributed by atoms with Crippen LogP contribution >= 0.6 is 0 Å². The Labute approximate surface area is 147 Å². The van der Waals surface area contributed by atoms with Crippen molar-refractivity contribution in [2.75, 3.05) is 19.0 Å². The fourth-order valence-corrected chi connectivity index (χ4v) is 2.27. The zero-order valence-electron chi connectivity index (χ0n) is 14.5. The molecule has 0 atom stereocenters. The van der Waals surface area contributed by atoms with E-state index in [4.69, 9.17) is 4.52 Å². The highest BCUT2D eigenvalue weighted by molar-refractivity contribution is 5.73. The molecule has 0 saturated heterocycles. The molecule has 25 heavy (non-hydrogen) atoms. The molecule has 1 heterocycles. The van der Waals surface area contributed by atoms with Gasteiger partial charge in [-0.25, -0.2) is 0 Å². The van der Waals surface area contributed by atoms with E-state index in [1.54, 1.807) is 0 Å². The minimum atomic E-state index is 0.592. The third-order valence-corrected chi connectivity index (χ3v) is 3.72. The van der Waals surface area contributed by atoms with Gasteiger partial charge in [-0.1, -0.05) is 41.6 Å². The number of rotatable bonds is 5. The molecule has 0 bridgehead atoms.